The van der Waals surface area contributed by atoms with Crippen molar-refractivity contribution >= 4 is 0 Å². The molecule has 4 nitrogen and oxygen atoms in total. The van der Waals surface area contributed by atoms with Gasteiger partial charge in [-0.1, -0.05) is 6.07 Å². The molecule has 104 valence electrons. The molecule has 0 saturated carbocycles. The lowest BCUT2D eigenvalue weighted by molar-refractivity contribution is -0.0803. The molecule has 0 radical (unpaired) electrons. The quantitative estimate of drug-likeness (QED) is 0.844. The van der Waals surface area contributed by atoms with E-state index in [0.29, 0.717) is 31.6 Å². The number of piperidine rings is 1. The van der Waals surface area contributed by atoms with Crippen LogP contribution in [0.4, 0.5) is 4.39 Å². The van der Waals surface area contributed by atoms with Crippen LogP contribution in [0.1, 0.15) is 18.4 Å². The van der Waals surface area contributed by atoms with Gasteiger partial charge in [0.2, 0.25) is 0 Å². The van der Waals surface area contributed by atoms with Gasteiger partial charge in [0.25, 0.3) is 0 Å². The molecule has 2 saturated heterocycles. The largest absolute Gasteiger partial charge is 0.494 e. The second-order valence-electron chi connectivity index (χ2n) is 5.39. The molecule has 2 heterocycles. The monoisotopic (exact) mass is 267 g/mol. The molecule has 2 atom stereocenters. The zero-order chi connectivity index (χ0) is 13.5. The molecule has 2 N–H and O–H groups in total. The summed E-state index contributed by atoms with van der Waals surface area (Å²) in [6.45, 7) is 1.22. The second-order valence-corrected chi connectivity index (χ2v) is 5.39. The predicted octanol–water partition coefficient (Wildman–Crippen LogP) is 1.17. The number of rotatable bonds is 2. The van der Waals surface area contributed by atoms with Crippen molar-refractivity contribution in [3.05, 3.63) is 29.6 Å². The number of ether oxygens (including phenoxy) is 2. The van der Waals surface area contributed by atoms with Crippen molar-refractivity contribution in [1.82, 2.24) is 5.32 Å². The van der Waals surface area contributed by atoms with Crippen LogP contribution in [0.2, 0.25) is 0 Å². The normalized spacial score (nSPS) is 34.1. The van der Waals surface area contributed by atoms with Gasteiger partial charge in [-0.2, -0.15) is 0 Å². The van der Waals surface area contributed by atoms with Crippen LogP contribution in [0, 0.1) is 5.82 Å². The third-order valence-electron chi connectivity index (χ3n) is 3.97. The number of benzene rings is 1. The lowest BCUT2D eigenvalue weighted by Gasteiger charge is -2.45. The Hall–Kier alpha value is -1.17. The smallest absolute Gasteiger partial charge is 0.165 e. The number of hydrogen-bond acceptors (Lipinski definition) is 4. The van der Waals surface area contributed by atoms with Crippen molar-refractivity contribution in [1.29, 1.82) is 0 Å². The van der Waals surface area contributed by atoms with Crippen LogP contribution in [0.25, 0.3) is 0 Å². The molecular weight excluding hydrogens is 249 g/mol. The highest BCUT2D eigenvalue weighted by atomic mass is 19.1. The Morgan fingerprint density at radius 1 is 1.37 bits per heavy atom. The molecule has 1 aromatic carbocycles. The number of fused-ring (bicyclic) bond motifs is 2. The summed E-state index contributed by atoms with van der Waals surface area (Å²) in [5, 5.41) is 14.3. The van der Waals surface area contributed by atoms with Crippen molar-refractivity contribution in [2.75, 3.05) is 20.3 Å². The summed E-state index contributed by atoms with van der Waals surface area (Å²) >= 11 is 0. The van der Waals surface area contributed by atoms with Gasteiger partial charge in [-0.05, 0) is 30.5 Å². The molecular formula is C14H18FNO3. The average Bonchev–Trinajstić information content (AvgIpc) is 2.38. The summed E-state index contributed by atoms with van der Waals surface area (Å²) in [7, 11) is 1.43. The lowest BCUT2D eigenvalue weighted by Crippen LogP contribution is -2.58. The van der Waals surface area contributed by atoms with E-state index in [1.807, 2.05) is 0 Å². The first-order chi connectivity index (χ1) is 9.10. The molecule has 0 spiro atoms. The Kier molecular flexibility index (Phi) is 3.20. The van der Waals surface area contributed by atoms with E-state index in [2.05, 4.69) is 5.32 Å². The van der Waals surface area contributed by atoms with E-state index in [9.17, 15) is 9.50 Å². The molecule has 0 aliphatic carbocycles. The Labute approximate surface area is 111 Å². The highest BCUT2D eigenvalue weighted by molar-refractivity contribution is 5.34. The SMILES string of the molecule is COc1cc(C2(O)CC3COCC(C2)N3)ccc1F. The third-order valence-corrected chi connectivity index (χ3v) is 3.97. The molecule has 19 heavy (non-hydrogen) atoms. The van der Waals surface area contributed by atoms with Crippen LogP contribution in [0.5, 0.6) is 5.75 Å². The topological polar surface area (TPSA) is 50.7 Å². The maximum Gasteiger partial charge on any atom is 0.165 e. The molecule has 5 heteroatoms. The number of halogens is 1. The molecule has 2 bridgehead atoms. The summed E-state index contributed by atoms with van der Waals surface area (Å²) in [5.74, 6) is -0.238. The Bertz CT molecular complexity index is 468. The summed E-state index contributed by atoms with van der Waals surface area (Å²) in [6, 6.07) is 4.87. The van der Waals surface area contributed by atoms with E-state index in [1.165, 1.54) is 13.2 Å². The van der Waals surface area contributed by atoms with Gasteiger partial charge in [0.15, 0.2) is 11.6 Å². The van der Waals surface area contributed by atoms with Gasteiger partial charge in [0, 0.05) is 12.1 Å². The summed E-state index contributed by atoms with van der Waals surface area (Å²) in [5.41, 5.74) is -0.227. The number of methoxy groups -OCH3 is 1. The molecule has 2 aliphatic heterocycles. The average molecular weight is 267 g/mol. The van der Waals surface area contributed by atoms with Gasteiger partial charge in [-0.15, -0.1) is 0 Å². The zero-order valence-corrected chi connectivity index (χ0v) is 10.9. The molecule has 1 aromatic rings. The molecule has 0 aromatic heterocycles. The molecule has 3 rings (SSSR count). The molecule has 2 fully saturated rings. The van der Waals surface area contributed by atoms with E-state index in [0.717, 1.165) is 0 Å². The first-order valence-electron chi connectivity index (χ1n) is 6.51. The van der Waals surface area contributed by atoms with Crippen LogP contribution < -0.4 is 10.1 Å². The van der Waals surface area contributed by atoms with Gasteiger partial charge in [-0.3, -0.25) is 0 Å². The van der Waals surface area contributed by atoms with Crippen LogP contribution in [0.3, 0.4) is 0 Å². The highest BCUT2D eigenvalue weighted by Gasteiger charge is 2.42. The lowest BCUT2D eigenvalue weighted by atomic mass is 9.78. The van der Waals surface area contributed by atoms with E-state index in [4.69, 9.17) is 9.47 Å². The van der Waals surface area contributed by atoms with Crippen LogP contribution in [-0.4, -0.2) is 37.5 Å². The summed E-state index contributed by atoms with van der Waals surface area (Å²) in [6.07, 6.45) is 1.14. The van der Waals surface area contributed by atoms with Crippen LogP contribution in [-0.2, 0) is 10.3 Å². The fraction of sp³-hybridized carbons (Fsp3) is 0.571. The van der Waals surface area contributed by atoms with E-state index in [1.54, 1.807) is 12.1 Å². The van der Waals surface area contributed by atoms with Gasteiger partial charge in [0.1, 0.15) is 0 Å². The van der Waals surface area contributed by atoms with Crippen molar-refractivity contribution < 1.29 is 19.0 Å². The predicted molar refractivity (Wildman–Crippen MR) is 67.6 cm³/mol. The number of hydrogen-bond donors (Lipinski definition) is 2. The number of aliphatic hydroxyl groups is 1. The van der Waals surface area contributed by atoms with E-state index >= 15 is 0 Å². The fourth-order valence-corrected chi connectivity index (χ4v) is 3.10. The zero-order valence-electron chi connectivity index (χ0n) is 10.9. The minimum absolute atomic E-state index is 0.147. The van der Waals surface area contributed by atoms with Gasteiger partial charge < -0.3 is 19.9 Å². The van der Waals surface area contributed by atoms with Gasteiger partial charge in [0.05, 0.1) is 25.9 Å². The van der Waals surface area contributed by atoms with E-state index in [-0.39, 0.29) is 17.8 Å². The third kappa shape index (κ3) is 2.33. The first kappa shape index (κ1) is 12.8. The van der Waals surface area contributed by atoms with Crippen molar-refractivity contribution in [3.8, 4) is 5.75 Å². The summed E-state index contributed by atoms with van der Waals surface area (Å²) < 4.78 is 23.9. The first-order valence-corrected chi connectivity index (χ1v) is 6.51. The van der Waals surface area contributed by atoms with Gasteiger partial charge in [-0.25, -0.2) is 4.39 Å². The van der Waals surface area contributed by atoms with Crippen LogP contribution >= 0.6 is 0 Å². The Morgan fingerprint density at radius 2 is 2.05 bits per heavy atom. The molecule has 0 amide bonds. The van der Waals surface area contributed by atoms with Crippen molar-refractivity contribution in [2.45, 2.75) is 30.5 Å². The van der Waals surface area contributed by atoms with Crippen molar-refractivity contribution in [2.24, 2.45) is 0 Å². The minimum atomic E-state index is -0.939. The maximum absolute atomic E-state index is 13.5. The minimum Gasteiger partial charge on any atom is -0.494 e. The molecule has 2 unspecified atom stereocenters. The standard InChI is InChI=1S/C14H18FNO3/c1-18-13-4-9(2-3-12(13)15)14(17)5-10-7-19-8-11(6-14)16-10/h2-4,10-11,16-17H,5-8H2,1H3. The second kappa shape index (κ2) is 4.74. The van der Waals surface area contributed by atoms with Crippen molar-refractivity contribution in [3.63, 3.8) is 0 Å². The fourth-order valence-electron chi connectivity index (χ4n) is 3.10. The Balaban J connectivity index is 1.91. The maximum atomic E-state index is 13.5. The number of morpholine rings is 1. The highest BCUT2D eigenvalue weighted by Crippen LogP contribution is 2.38. The van der Waals surface area contributed by atoms with Gasteiger partial charge >= 0.3 is 0 Å². The summed E-state index contributed by atoms with van der Waals surface area (Å²) in [4.78, 5) is 0. The van der Waals surface area contributed by atoms with Crippen LogP contribution in [0.15, 0.2) is 18.2 Å². The van der Waals surface area contributed by atoms with E-state index < -0.39 is 11.4 Å². The Morgan fingerprint density at radius 3 is 2.68 bits per heavy atom. The number of nitrogens with one attached hydrogen (secondary N) is 1. The molecule has 2 aliphatic rings.